The third kappa shape index (κ3) is 1.17. The Balaban J connectivity index is 3.06. The van der Waals surface area contributed by atoms with Crippen LogP contribution in [0.15, 0.2) is 23.8 Å². The quantitative estimate of drug-likeness (QED) is 0.639. The lowest BCUT2D eigenvalue weighted by atomic mass is 9.75. The predicted octanol–water partition coefficient (Wildman–Crippen LogP) is 2.37. The summed E-state index contributed by atoms with van der Waals surface area (Å²) < 4.78 is 0. The second-order valence-electron chi connectivity index (χ2n) is 3.16. The van der Waals surface area contributed by atoms with E-state index in [9.17, 15) is 4.79 Å². The molecule has 0 saturated heterocycles. The van der Waals surface area contributed by atoms with Gasteiger partial charge in [0.15, 0.2) is 0 Å². The van der Waals surface area contributed by atoms with Gasteiger partial charge in [-0.25, -0.2) is 0 Å². The Labute approximate surface area is 72.6 Å². The summed E-state index contributed by atoms with van der Waals surface area (Å²) in [5.41, 5.74) is 0.234. The summed E-state index contributed by atoms with van der Waals surface area (Å²) in [6.07, 6.45) is 7.20. The molecule has 1 aliphatic carbocycles. The van der Waals surface area contributed by atoms with Gasteiger partial charge >= 0.3 is 5.97 Å². The van der Waals surface area contributed by atoms with E-state index in [2.05, 4.69) is 0 Å². The van der Waals surface area contributed by atoms with Crippen LogP contribution in [0, 0.1) is 5.41 Å². The molecule has 1 unspecified atom stereocenters. The minimum absolute atomic E-state index is 0.626. The first-order chi connectivity index (χ1) is 5.63. The lowest BCUT2D eigenvalue weighted by molar-refractivity contribution is -0.144. The van der Waals surface area contributed by atoms with Crippen molar-refractivity contribution < 1.29 is 9.90 Å². The summed E-state index contributed by atoms with van der Waals surface area (Å²) in [5, 5.41) is 9.07. The van der Waals surface area contributed by atoms with Crippen molar-refractivity contribution in [3.8, 4) is 0 Å². The molecule has 1 rings (SSSR count). The van der Waals surface area contributed by atoms with Crippen molar-refractivity contribution in [1.82, 2.24) is 0 Å². The first-order valence-corrected chi connectivity index (χ1v) is 4.22. The van der Waals surface area contributed by atoms with Gasteiger partial charge in [-0.2, -0.15) is 0 Å². The highest BCUT2D eigenvalue weighted by molar-refractivity contribution is 5.81. The molecular formula is C10H14O2. The number of rotatable bonds is 2. The molecule has 66 valence electrons. The lowest BCUT2D eigenvalue weighted by Crippen LogP contribution is -2.30. The fourth-order valence-corrected chi connectivity index (χ4v) is 1.62. The average Bonchev–Trinajstić information content (AvgIpc) is 2.05. The number of carboxylic acids is 1. The number of carboxylic acid groups (broad SMARTS) is 1. The number of hydrogen-bond donors (Lipinski definition) is 1. The monoisotopic (exact) mass is 166 g/mol. The predicted molar refractivity (Wildman–Crippen MR) is 47.9 cm³/mol. The van der Waals surface area contributed by atoms with Crippen molar-refractivity contribution in [2.45, 2.75) is 26.7 Å². The Morgan fingerprint density at radius 2 is 2.42 bits per heavy atom. The summed E-state index contributed by atoms with van der Waals surface area (Å²) in [5.74, 6) is -0.741. The molecule has 2 nitrogen and oxygen atoms in total. The van der Waals surface area contributed by atoms with Crippen molar-refractivity contribution in [3.05, 3.63) is 23.8 Å². The molecule has 1 N–H and O–H groups in total. The van der Waals surface area contributed by atoms with E-state index in [0.29, 0.717) is 6.42 Å². The maximum atomic E-state index is 11.0. The van der Waals surface area contributed by atoms with E-state index in [4.69, 9.17) is 5.11 Å². The molecule has 0 aromatic rings. The summed E-state index contributed by atoms with van der Waals surface area (Å²) in [6.45, 7) is 3.79. The minimum Gasteiger partial charge on any atom is -0.480 e. The zero-order valence-corrected chi connectivity index (χ0v) is 7.50. The van der Waals surface area contributed by atoms with Crippen molar-refractivity contribution in [2.24, 2.45) is 5.41 Å². The Morgan fingerprint density at radius 1 is 1.75 bits per heavy atom. The summed E-state index contributed by atoms with van der Waals surface area (Å²) in [4.78, 5) is 11.0. The van der Waals surface area contributed by atoms with Crippen molar-refractivity contribution in [2.75, 3.05) is 0 Å². The highest BCUT2D eigenvalue weighted by Gasteiger charge is 2.36. The molecule has 0 bridgehead atoms. The van der Waals surface area contributed by atoms with Gasteiger partial charge < -0.3 is 5.11 Å². The van der Waals surface area contributed by atoms with Gasteiger partial charge in [0, 0.05) is 0 Å². The summed E-state index contributed by atoms with van der Waals surface area (Å²) in [7, 11) is 0. The van der Waals surface area contributed by atoms with Gasteiger partial charge in [0.1, 0.15) is 5.41 Å². The van der Waals surface area contributed by atoms with Crippen LogP contribution in [0.25, 0.3) is 0 Å². The number of carbonyl (C=O) groups is 1. The molecule has 2 heteroatoms. The molecule has 1 atom stereocenters. The van der Waals surface area contributed by atoms with Gasteiger partial charge in [0.05, 0.1) is 0 Å². The van der Waals surface area contributed by atoms with Gasteiger partial charge in [-0.15, -0.1) is 0 Å². The molecule has 0 spiro atoms. The zero-order chi connectivity index (χ0) is 9.19. The topological polar surface area (TPSA) is 37.3 Å². The van der Waals surface area contributed by atoms with Gasteiger partial charge in [-0.1, -0.05) is 30.7 Å². The van der Waals surface area contributed by atoms with E-state index in [-0.39, 0.29) is 0 Å². The zero-order valence-electron chi connectivity index (χ0n) is 7.50. The highest BCUT2D eigenvalue weighted by atomic mass is 16.4. The summed E-state index contributed by atoms with van der Waals surface area (Å²) >= 11 is 0. The van der Waals surface area contributed by atoms with Crippen LogP contribution in [0.5, 0.6) is 0 Å². The van der Waals surface area contributed by atoms with Crippen LogP contribution in [-0.2, 0) is 4.79 Å². The third-order valence-corrected chi connectivity index (χ3v) is 2.61. The molecule has 12 heavy (non-hydrogen) atoms. The van der Waals surface area contributed by atoms with Crippen molar-refractivity contribution in [1.29, 1.82) is 0 Å². The normalized spacial score (nSPS) is 28.3. The molecular weight excluding hydrogens is 152 g/mol. The largest absolute Gasteiger partial charge is 0.480 e. The van der Waals surface area contributed by atoms with Crippen LogP contribution in [0.2, 0.25) is 0 Å². The van der Waals surface area contributed by atoms with Gasteiger partial charge in [-0.3, -0.25) is 4.79 Å². The van der Waals surface area contributed by atoms with Crippen LogP contribution in [-0.4, -0.2) is 11.1 Å². The lowest BCUT2D eigenvalue weighted by Gasteiger charge is -2.27. The Morgan fingerprint density at radius 3 is 2.75 bits per heavy atom. The van der Waals surface area contributed by atoms with E-state index in [1.54, 1.807) is 0 Å². The van der Waals surface area contributed by atoms with E-state index in [1.807, 2.05) is 32.1 Å². The smallest absolute Gasteiger partial charge is 0.317 e. The first kappa shape index (κ1) is 9.04. The molecule has 1 aliphatic rings. The number of allylic oxidation sites excluding steroid dienone is 2. The maximum absolute atomic E-state index is 11.0. The molecule has 0 fully saturated rings. The second-order valence-corrected chi connectivity index (χ2v) is 3.16. The van der Waals surface area contributed by atoms with Crippen LogP contribution in [0.3, 0.4) is 0 Å². The molecule has 0 aliphatic heterocycles. The molecule has 0 radical (unpaired) electrons. The Bertz CT molecular complexity index is 251. The van der Waals surface area contributed by atoms with Crippen molar-refractivity contribution >= 4 is 5.97 Å². The fourth-order valence-electron chi connectivity index (χ4n) is 1.62. The van der Waals surface area contributed by atoms with Crippen molar-refractivity contribution in [3.63, 3.8) is 0 Å². The number of hydrogen-bond acceptors (Lipinski definition) is 1. The standard InChI is InChI=1S/C10H14O2/c1-3-10(9(11)12)7-5-4-6-8(10)2/h5-7H,3-4H2,1-2H3,(H,11,12). The van der Waals surface area contributed by atoms with E-state index in [0.717, 1.165) is 12.0 Å². The first-order valence-electron chi connectivity index (χ1n) is 4.22. The molecule has 0 amide bonds. The van der Waals surface area contributed by atoms with Crippen LogP contribution >= 0.6 is 0 Å². The Hall–Kier alpha value is -1.05. The van der Waals surface area contributed by atoms with Crippen LogP contribution < -0.4 is 0 Å². The fraction of sp³-hybridized carbons (Fsp3) is 0.500. The summed E-state index contributed by atoms with van der Waals surface area (Å²) in [6, 6.07) is 0. The molecule has 0 aromatic carbocycles. The minimum atomic E-state index is -0.741. The van der Waals surface area contributed by atoms with E-state index >= 15 is 0 Å². The molecule has 0 heterocycles. The van der Waals surface area contributed by atoms with Gasteiger partial charge in [-0.05, 0) is 19.8 Å². The third-order valence-electron chi connectivity index (χ3n) is 2.61. The van der Waals surface area contributed by atoms with Gasteiger partial charge in [0.2, 0.25) is 0 Å². The average molecular weight is 166 g/mol. The molecule has 0 saturated carbocycles. The van der Waals surface area contributed by atoms with E-state index in [1.165, 1.54) is 0 Å². The molecule has 0 aromatic heterocycles. The maximum Gasteiger partial charge on any atom is 0.317 e. The SMILES string of the molecule is CCC1(C(=O)O)C=CCC=C1C. The number of aliphatic carboxylic acids is 1. The van der Waals surface area contributed by atoms with Crippen LogP contribution in [0.4, 0.5) is 0 Å². The highest BCUT2D eigenvalue weighted by Crippen LogP contribution is 2.36. The van der Waals surface area contributed by atoms with E-state index < -0.39 is 11.4 Å². The Kier molecular flexibility index (Phi) is 2.36. The van der Waals surface area contributed by atoms with Gasteiger partial charge in [0.25, 0.3) is 0 Å². The van der Waals surface area contributed by atoms with Crippen LogP contribution in [0.1, 0.15) is 26.7 Å². The second kappa shape index (κ2) is 3.13.